The van der Waals surface area contributed by atoms with Crippen LogP contribution in [0.15, 0.2) is 0 Å². The van der Waals surface area contributed by atoms with Crippen LogP contribution < -0.4 is 11.1 Å². The zero-order valence-corrected chi connectivity index (χ0v) is 11.7. The van der Waals surface area contributed by atoms with Crippen molar-refractivity contribution in [1.82, 2.24) is 10.2 Å². The van der Waals surface area contributed by atoms with Gasteiger partial charge < -0.3 is 20.7 Å². The standard InChI is InChI=1S/C13H27N3O2/c1-3-15-12(13(14)17)7-8-16(4-2)10-11-6-5-9-18-11/h11-12,15H,3-10H2,1-2H3,(H2,14,17). The van der Waals surface area contributed by atoms with Crippen molar-refractivity contribution in [3.63, 3.8) is 0 Å². The van der Waals surface area contributed by atoms with Crippen molar-refractivity contribution in [1.29, 1.82) is 0 Å². The fourth-order valence-corrected chi connectivity index (χ4v) is 2.36. The highest BCUT2D eigenvalue weighted by molar-refractivity contribution is 5.79. The van der Waals surface area contributed by atoms with Crippen LogP contribution >= 0.6 is 0 Å². The summed E-state index contributed by atoms with van der Waals surface area (Å²) in [5.74, 6) is -0.259. The Morgan fingerprint density at radius 1 is 1.56 bits per heavy atom. The monoisotopic (exact) mass is 257 g/mol. The molecule has 0 aromatic carbocycles. The van der Waals surface area contributed by atoms with Gasteiger partial charge in [-0.3, -0.25) is 4.79 Å². The number of primary amides is 1. The van der Waals surface area contributed by atoms with Gasteiger partial charge in [0.15, 0.2) is 0 Å². The van der Waals surface area contributed by atoms with Crippen LogP contribution in [0.4, 0.5) is 0 Å². The number of hydrogen-bond acceptors (Lipinski definition) is 4. The fraction of sp³-hybridized carbons (Fsp3) is 0.923. The third kappa shape index (κ3) is 5.33. The van der Waals surface area contributed by atoms with E-state index in [2.05, 4.69) is 17.1 Å². The number of hydrogen-bond donors (Lipinski definition) is 2. The predicted octanol–water partition coefficient (Wildman–Crippen LogP) is 0.341. The second kappa shape index (κ2) is 8.45. The van der Waals surface area contributed by atoms with Crippen molar-refractivity contribution in [2.75, 3.05) is 32.8 Å². The number of ether oxygens (including phenoxy) is 1. The van der Waals surface area contributed by atoms with Gasteiger partial charge in [0.1, 0.15) is 0 Å². The molecule has 3 N–H and O–H groups in total. The predicted molar refractivity (Wildman–Crippen MR) is 72.4 cm³/mol. The molecule has 0 saturated carbocycles. The van der Waals surface area contributed by atoms with Gasteiger partial charge in [0, 0.05) is 19.7 Å². The molecule has 5 heteroatoms. The first-order valence-corrected chi connectivity index (χ1v) is 7.04. The average Bonchev–Trinajstić information content (AvgIpc) is 2.85. The van der Waals surface area contributed by atoms with Gasteiger partial charge in [-0.05, 0) is 32.4 Å². The minimum Gasteiger partial charge on any atom is -0.377 e. The van der Waals surface area contributed by atoms with Crippen LogP contribution in [-0.2, 0) is 9.53 Å². The van der Waals surface area contributed by atoms with Crippen LogP contribution in [0.2, 0.25) is 0 Å². The van der Waals surface area contributed by atoms with E-state index in [9.17, 15) is 4.79 Å². The Morgan fingerprint density at radius 2 is 2.33 bits per heavy atom. The number of rotatable bonds is 9. The Kier molecular flexibility index (Phi) is 7.23. The smallest absolute Gasteiger partial charge is 0.234 e. The van der Waals surface area contributed by atoms with Gasteiger partial charge in [-0.25, -0.2) is 0 Å². The van der Waals surface area contributed by atoms with Gasteiger partial charge in [-0.15, -0.1) is 0 Å². The molecule has 1 heterocycles. The molecule has 18 heavy (non-hydrogen) atoms. The molecule has 0 aromatic rings. The normalized spacial score (nSPS) is 21.4. The van der Waals surface area contributed by atoms with E-state index >= 15 is 0 Å². The number of likely N-dealkylation sites (N-methyl/N-ethyl adjacent to an activating group) is 2. The molecule has 0 radical (unpaired) electrons. The maximum Gasteiger partial charge on any atom is 0.234 e. The molecule has 1 saturated heterocycles. The van der Waals surface area contributed by atoms with Crippen molar-refractivity contribution >= 4 is 5.91 Å². The van der Waals surface area contributed by atoms with Crippen LogP contribution in [0.1, 0.15) is 33.1 Å². The van der Waals surface area contributed by atoms with Gasteiger partial charge in [0.2, 0.25) is 5.91 Å². The number of nitrogens with two attached hydrogens (primary N) is 1. The van der Waals surface area contributed by atoms with E-state index in [0.29, 0.717) is 6.10 Å². The van der Waals surface area contributed by atoms with E-state index < -0.39 is 0 Å². The summed E-state index contributed by atoms with van der Waals surface area (Å²) < 4.78 is 5.64. The first kappa shape index (κ1) is 15.4. The number of amides is 1. The Bertz CT molecular complexity index is 242. The summed E-state index contributed by atoms with van der Waals surface area (Å²) in [7, 11) is 0. The zero-order chi connectivity index (χ0) is 13.4. The summed E-state index contributed by atoms with van der Waals surface area (Å²) >= 11 is 0. The second-order valence-corrected chi connectivity index (χ2v) is 4.83. The Labute approximate surface area is 110 Å². The largest absolute Gasteiger partial charge is 0.377 e. The van der Waals surface area contributed by atoms with Crippen LogP contribution in [0.25, 0.3) is 0 Å². The van der Waals surface area contributed by atoms with E-state index in [1.807, 2.05) is 6.92 Å². The Hall–Kier alpha value is -0.650. The zero-order valence-electron chi connectivity index (χ0n) is 11.7. The van der Waals surface area contributed by atoms with Gasteiger partial charge >= 0.3 is 0 Å². The Morgan fingerprint density at radius 3 is 2.83 bits per heavy atom. The highest BCUT2D eigenvalue weighted by Crippen LogP contribution is 2.13. The van der Waals surface area contributed by atoms with Crippen LogP contribution in [-0.4, -0.2) is 55.7 Å². The molecule has 0 aliphatic carbocycles. The molecule has 0 bridgehead atoms. The second-order valence-electron chi connectivity index (χ2n) is 4.83. The molecule has 5 nitrogen and oxygen atoms in total. The number of nitrogens with zero attached hydrogens (tertiary/aromatic N) is 1. The highest BCUT2D eigenvalue weighted by Gasteiger charge is 2.20. The highest BCUT2D eigenvalue weighted by atomic mass is 16.5. The average molecular weight is 257 g/mol. The summed E-state index contributed by atoms with van der Waals surface area (Å²) in [6, 6.07) is -0.214. The molecule has 0 spiro atoms. The molecule has 2 unspecified atom stereocenters. The van der Waals surface area contributed by atoms with Gasteiger partial charge in [-0.2, -0.15) is 0 Å². The van der Waals surface area contributed by atoms with E-state index in [1.165, 1.54) is 6.42 Å². The summed E-state index contributed by atoms with van der Waals surface area (Å²) in [6.07, 6.45) is 3.46. The molecule has 1 rings (SSSR count). The number of carbonyl (C=O) groups is 1. The molecule has 2 atom stereocenters. The molecular formula is C13H27N3O2. The van der Waals surface area contributed by atoms with Crippen molar-refractivity contribution in [3.8, 4) is 0 Å². The number of carbonyl (C=O) groups excluding carboxylic acids is 1. The quantitative estimate of drug-likeness (QED) is 0.625. The lowest BCUT2D eigenvalue weighted by Gasteiger charge is -2.25. The lowest BCUT2D eigenvalue weighted by Crippen LogP contribution is -2.44. The van der Waals surface area contributed by atoms with Crippen molar-refractivity contribution in [3.05, 3.63) is 0 Å². The lowest BCUT2D eigenvalue weighted by atomic mass is 10.1. The summed E-state index contributed by atoms with van der Waals surface area (Å²) in [6.45, 7) is 8.62. The van der Waals surface area contributed by atoms with Crippen LogP contribution in [0.3, 0.4) is 0 Å². The summed E-state index contributed by atoms with van der Waals surface area (Å²) in [4.78, 5) is 13.6. The topological polar surface area (TPSA) is 67.6 Å². The first-order valence-electron chi connectivity index (χ1n) is 7.04. The summed E-state index contributed by atoms with van der Waals surface area (Å²) in [5, 5.41) is 3.12. The molecule has 1 aliphatic rings. The molecule has 1 aliphatic heterocycles. The Balaban J connectivity index is 2.30. The molecular weight excluding hydrogens is 230 g/mol. The fourth-order valence-electron chi connectivity index (χ4n) is 2.36. The third-order valence-electron chi connectivity index (χ3n) is 3.46. The van der Waals surface area contributed by atoms with Gasteiger partial charge in [-0.1, -0.05) is 13.8 Å². The minimum absolute atomic E-state index is 0.214. The van der Waals surface area contributed by atoms with Crippen molar-refractivity contribution < 1.29 is 9.53 Å². The van der Waals surface area contributed by atoms with E-state index in [-0.39, 0.29) is 11.9 Å². The van der Waals surface area contributed by atoms with Gasteiger partial charge in [0.05, 0.1) is 12.1 Å². The third-order valence-corrected chi connectivity index (χ3v) is 3.46. The maximum absolute atomic E-state index is 11.3. The number of nitrogens with one attached hydrogen (secondary N) is 1. The summed E-state index contributed by atoms with van der Waals surface area (Å²) in [5.41, 5.74) is 5.37. The molecule has 0 aromatic heterocycles. The molecule has 1 fully saturated rings. The van der Waals surface area contributed by atoms with Crippen LogP contribution in [0, 0.1) is 0 Å². The van der Waals surface area contributed by atoms with Crippen molar-refractivity contribution in [2.45, 2.75) is 45.3 Å². The van der Waals surface area contributed by atoms with Crippen LogP contribution in [0.5, 0.6) is 0 Å². The van der Waals surface area contributed by atoms with E-state index in [1.54, 1.807) is 0 Å². The van der Waals surface area contributed by atoms with Gasteiger partial charge in [0.25, 0.3) is 0 Å². The lowest BCUT2D eigenvalue weighted by molar-refractivity contribution is -0.120. The van der Waals surface area contributed by atoms with E-state index in [0.717, 1.165) is 45.6 Å². The maximum atomic E-state index is 11.3. The minimum atomic E-state index is -0.259. The molecule has 1 amide bonds. The van der Waals surface area contributed by atoms with Crippen molar-refractivity contribution in [2.24, 2.45) is 5.73 Å². The SMILES string of the molecule is CCNC(CCN(CC)CC1CCCO1)C(N)=O. The molecule has 106 valence electrons. The van der Waals surface area contributed by atoms with E-state index in [4.69, 9.17) is 10.5 Å². The first-order chi connectivity index (χ1) is 8.67.